The Bertz CT molecular complexity index is 399. The highest BCUT2D eigenvalue weighted by atomic mass is 35.5. The van der Waals surface area contributed by atoms with Crippen LogP contribution in [0.15, 0.2) is 24.3 Å². The van der Waals surface area contributed by atoms with E-state index in [0.717, 1.165) is 11.4 Å². The molecule has 0 N–H and O–H groups in total. The molecule has 0 radical (unpaired) electrons. The number of rotatable bonds is 4. The Kier molecular flexibility index (Phi) is 3.38. The van der Waals surface area contributed by atoms with Gasteiger partial charge in [0.15, 0.2) is 14.1 Å². The Morgan fingerprint density at radius 2 is 1.82 bits per heavy atom. The Morgan fingerprint density at radius 3 is 2.29 bits per heavy atom. The van der Waals surface area contributed by atoms with E-state index in [9.17, 15) is 0 Å². The lowest BCUT2D eigenvalue weighted by molar-refractivity contribution is -0.0904. The average Bonchev–Trinajstić information content (AvgIpc) is 2.92. The molecule has 2 atom stereocenters. The average molecular weight is 271 g/mol. The standard InChI is InChI=1S/C13H19ClO2Si/c1-15-13(16-17(2,3)4)9-12(13)10-5-7-11(14)8-6-10/h5-8,12H,9H2,1-4H3/t12-,13-/m0/s1. The molecule has 0 saturated heterocycles. The first-order chi connectivity index (χ1) is 7.86. The van der Waals surface area contributed by atoms with Crippen molar-refractivity contribution >= 4 is 19.9 Å². The molecule has 94 valence electrons. The SMILES string of the molecule is CO[C@]1(O[Si](C)(C)C)C[C@H]1c1ccc(Cl)cc1. The third kappa shape index (κ3) is 2.91. The molecule has 0 heterocycles. The van der Waals surface area contributed by atoms with Crippen molar-refractivity contribution in [3.63, 3.8) is 0 Å². The predicted molar refractivity (Wildman–Crippen MR) is 73.0 cm³/mol. The van der Waals surface area contributed by atoms with Gasteiger partial charge in [0.05, 0.1) is 0 Å². The van der Waals surface area contributed by atoms with Gasteiger partial charge in [0.1, 0.15) is 0 Å². The van der Waals surface area contributed by atoms with Gasteiger partial charge in [-0.3, -0.25) is 0 Å². The van der Waals surface area contributed by atoms with Gasteiger partial charge >= 0.3 is 0 Å². The van der Waals surface area contributed by atoms with Gasteiger partial charge in [0.2, 0.25) is 0 Å². The highest BCUT2D eigenvalue weighted by Gasteiger charge is 2.58. The van der Waals surface area contributed by atoms with Crippen molar-refractivity contribution in [2.75, 3.05) is 7.11 Å². The fourth-order valence-electron chi connectivity index (χ4n) is 2.19. The maximum Gasteiger partial charge on any atom is 0.187 e. The summed E-state index contributed by atoms with van der Waals surface area (Å²) < 4.78 is 11.8. The molecule has 0 spiro atoms. The Hall–Kier alpha value is -0.353. The zero-order valence-corrected chi connectivity index (χ0v) is 12.5. The van der Waals surface area contributed by atoms with Crippen LogP contribution in [0.4, 0.5) is 0 Å². The Labute approximate surface area is 109 Å². The van der Waals surface area contributed by atoms with Crippen LogP contribution in [0.2, 0.25) is 24.7 Å². The van der Waals surface area contributed by atoms with Crippen molar-refractivity contribution in [1.82, 2.24) is 0 Å². The van der Waals surface area contributed by atoms with Crippen molar-refractivity contribution in [3.8, 4) is 0 Å². The van der Waals surface area contributed by atoms with E-state index in [2.05, 4.69) is 31.8 Å². The number of ether oxygens (including phenoxy) is 1. The molecule has 0 aliphatic heterocycles. The van der Waals surface area contributed by atoms with Crippen LogP contribution in [0.5, 0.6) is 0 Å². The molecule has 0 bridgehead atoms. The first kappa shape index (κ1) is 13.1. The van der Waals surface area contributed by atoms with Crippen molar-refractivity contribution in [3.05, 3.63) is 34.9 Å². The molecule has 1 aromatic carbocycles. The highest BCUT2D eigenvalue weighted by molar-refractivity contribution is 6.69. The van der Waals surface area contributed by atoms with Crippen LogP contribution in [0.1, 0.15) is 17.9 Å². The van der Waals surface area contributed by atoms with Crippen LogP contribution in [0, 0.1) is 0 Å². The van der Waals surface area contributed by atoms with Crippen molar-refractivity contribution in [1.29, 1.82) is 0 Å². The second-order valence-electron chi connectivity index (χ2n) is 5.54. The first-order valence-electron chi connectivity index (χ1n) is 5.87. The zero-order valence-electron chi connectivity index (χ0n) is 10.8. The fraction of sp³-hybridized carbons (Fsp3) is 0.538. The fourth-order valence-corrected chi connectivity index (χ4v) is 3.66. The molecule has 0 aromatic heterocycles. The second-order valence-corrected chi connectivity index (χ2v) is 10.4. The van der Waals surface area contributed by atoms with E-state index in [0.29, 0.717) is 5.92 Å². The highest BCUT2D eigenvalue weighted by Crippen LogP contribution is 2.55. The molecule has 1 aliphatic rings. The summed E-state index contributed by atoms with van der Waals surface area (Å²) in [6.45, 7) is 6.56. The van der Waals surface area contributed by atoms with E-state index in [1.54, 1.807) is 7.11 Å². The molecule has 1 fully saturated rings. The van der Waals surface area contributed by atoms with Crippen molar-refractivity contribution in [2.24, 2.45) is 0 Å². The van der Waals surface area contributed by atoms with Crippen molar-refractivity contribution < 1.29 is 9.16 Å². The maximum absolute atomic E-state index is 6.17. The number of halogens is 1. The number of benzene rings is 1. The van der Waals surface area contributed by atoms with Gasteiger partial charge in [0.25, 0.3) is 0 Å². The Morgan fingerprint density at radius 1 is 1.24 bits per heavy atom. The van der Waals surface area contributed by atoms with Crippen LogP contribution in [-0.2, 0) is 9.16 Å². The lowest BCUT2D eigenvalue weighted by Crippen LogP contribution is -2.35. The van der Waals surface area contributed by atoms with Crippen LogP contribution in [0.25, 0.3) is 0 Å². The van der Waals surface area contributed by atoms with Gasteiger partial charge in [-0.2, -0.15) is 0 Å². The van der Waals surface area contributed by atoms with E-state index >= 15 is 0 Å². The summed E-state index contributed by atoms with van der Waals surface area (Å²) in [7, 11) is 0.144. The molecule has 4 heteroatoms. The molecular weight excluding hydrogens is 252 g/mol. The molecular formula is C13H19ClO2Si. The van der Waals surface area contributed by atoms with Crippen LogP contribution < -0.4 is 0 Å². The summed E-state index contributed by atoms with van der Waals surface area (Å²) in [5, 5.41) is 0.767. The second kappa shape index (κ2) is 4.39. The third-order valence-corrected chi connectivity index (χ3v) is 4.17. The molecule has 2 nitrogen and oxygen atoms in total. The summed E-state index contributed by atoms with van der Waals surface area (Å²) in [4.78, 5) is 0. The molecule has 2 rings (SSSR count). The summed E-state index contributed by atoms with van der Waals surface area (Å²) in [6, 6.07) is 7.96. The van der Waals surface area contributed by atoms with Gasteiger partial charge in [-0.05, 0) is 37.3 Å². The zero-order chi connectivity index (χ0) is 12.7. The molecule has 17 heavy (non-hydrogen) atoms. The molecule has 1 aliphatic carbocycles. The molecule has 1 aromatic rings. The summed E-state index contributed by atoms with van der Waals surface area (Å²) in [5.41, 5.74) is 1.24. The normalized spacial score (nSPS) is 28.2. The van der Waals surface area contributed by atoms with Gasteiger partial charge < -0.3 is 9.16 Å². The lowest BCUT2D eigenvalue weighted by Gasteiger charge is -2.26. The lowest BCUT2D eigenvalue weighted by atomic mass is 10.1. The predicted octanol–water partition coefficient (Wildman–Crippen LogP) is 4.02. The number of hydrogen-bond acceptors (Lipinski definition) is 2. The van der Waals surface area contributed by atoms with E-state index in [1.165, 1.54) is 5.56 Å². The van der Waals surface area contributed by atoms with E-state index in [4.69, 9.17) is 20.8 Å². The van der Waals surface area contributed by atoms with Gasteiger partial charge in [0, 0.05) is 24.5 Å². The molecule has 0 amide bonds. The van der Waals surface area contributed by atoms with Crippen LogP contribution in [0.3, 0.4) is 0 Å². The van der Waals surface area contributed by atoms with E-state index in [-0.39, 0.29) is 0 Å². The minimum Gasteiger partial charge on any atom is -0.390 e. The van der Waals surface area contributed by atoms with Crippen LogP contribution >= 0.6 is 11.6 Å². The molecule has 0 unspecified atom stereocenters. The third-order valence-electron chi connectivity index (χ3n) is 2.96. The maximum atomic E-state index is 6.17. The van der Waals surface area contributed by atoms with E-state index in [1.807, 2.05) is 12.1 Å². The molecule has 1 saturated carbocycles. The number of hydrogen-bond donors (Lipinski definition) is 0. The van der Waals surface area contributed by atoms with Crippen LogP contribution in [-0.4, -0.2) is 21.2 Å². The summed E-state index contributed by atoms with van der Waals surface area (Å²) >= 11 is 5.89. The minimum atomic E-state index is -1.59. The van der Waals surface area contributed by atoms with Crippen molar-refractivity contribution in [2.45, 2.75) is 37.8 Å². The van der Waals surface area contributed by atoms with Gasteiger partial charge in [-0.25, -0.2) is 0 Å². The topological polar surface area (TPSA) is 18.5 Å². The largest absolute Gasteiger partial charge is 0.390 e. The van der Waals surface area contributed by atoms with Gasteiger partial charge in [-0.15, -0.1) is 0 Å². The number of methoxy groups -OCH3 is 1. The Balaban J connectivity index is 2.13. The summed E-state index contributed by atoms with van der Waals surface area (Å²) in [5.74, 6) is -0.0466. The summed E-state index contributed by atoms with van der Waals surface area (Å²) in [6.07, 6.45) is 0.940. The monoisotopic (exact) mass is 270 g/mol. The quantitative estimate of drug-likeness (QED) is 0.608. The van der Waals surface area contributed by atoms with E-state index < -0.39 is 14.1 Å². The first-order valence-corrected chi connectivity index (χ1v) is 9.66. The minimum absolute atomic E-state index is 0.344. The smallest absolute Gasteiger partial charge is 0.187 e. The van der Waals surface area contributed by atoms with Gasteiger partial charge in [-0.1, -0.05) is 23.7 Å².